The van der Waals surface area contributed by atoms with Crippen LogP contribution in [0.1, 0.15) is 18.1 Å². The molecule has 2 heterocycles. The minimum absolute atomic E-state index is 0.115. The zero-order chi connectivity index (χ0) is 27.6. The molecule has 0 radical (unpaired) electrons. The molecule has 0 spiro atoms. The monoisotopic (exact) mass is 524 g/mol. The third kappa shape index (κ3) is 4.99. The van der Waals surface area contributed by atoms with Crippen LogP contribution in [0.5, 0.6) is 17.2 Å². The number of hydrogen-bond acceptors (Lipinski definition) is 12. The smallest absolute Gasteiger partial charge is 0.307 e. The van der Waals surface area contributed by atoms with Crippen LogP contribution in [0.4, 0.5) is 17.5 Å². The minimum Gasteiger partial charge on any atom is -0.493 e. The van der Waals surface area contributed by atoms with Gasteiger partial charge in [0.2, 0.25) is 11.7 Å². The van der Waals surface area contributed by atoms with E-state index in [1.165, 1.54) is 0 Å². The van der Waals surface area contributed by atoms with Gasteiger partial charge in [-0.3, -0.25) is 20.0 Å². The number of fused-ring (bicyclic) bond motifs is 1. The van der Waals surface area contributed by atoms with Crippen molar-refractivity contribution < 1.29 is 19.1 Å². The molecule has 0 bridgehead atoms. The Morgan fingerprint density at radius 3 is 2.39 bits per heavy atom. The Morgan fingerprint density at radius 2 is 1.79 bits per heavy atom. The van der Waals surface area contributed by atoms with E-state index in [4.69, 9.17) is 25.7 Å². The maximum atomic E-state index is 11.6. The number of rotatable bonds is 10. The van der Waals surface area contributed by atoms with Crippen molar-refractivity contribution in [2.45, 2.75) is 26.6 Å². The number of methoxy groups -OCH3 is 3. The van der Waals surface area contributed by atoms with E-state index in [2.05, 4.69) is 19.9 Å². The van der Waals surface area contributed by atoms with Crippen molar-refractivity contribution in [2.75, 3.05) is 57.3 Å². The molecular weight excluding hydrogens is 492 g/mol. The van der Waals surface area contributed by atoms with E-state index in [0.717, 1.165) is 22.2 Å². The van der Waals surface area contributed by atoms with Gasteiger partial charge in [-0.1, -0.05) is 6.07 Å². The quantitative estimate of drug-likeness (QED) is 0.295. The van der Waals surface area contributed by atoms with Gasteiger partial charge < -0.3 is 30.6 Å². The molecule has 2 aromatic carbocycles. The van der Waals surface area contributed by atoms with Gasteiger partial charge in [0.25, 0.3) is 0 Å². The van der Waals surface area contributed by atoms with Crippen LogP contribution in [0.25, 0.3) is 10.9 Å². The molecule has 0 saturated heterocycles. The second kappa shape index (κ2) is 10.8. The van der Waals surface area contributed by atoms with Crippen LogP contribution in [0.3, 0.4) is 0 Å². The lowest BCUT2D eigenvalue weighted by atomic mass is 10.0. The van der Waals surface area contributed by atoms with E-state index < -0.39 is 6.17 Å². The maximum absolute atomic E-state index is 11.6. The maximum Gasteiger partial charge on any atom is 0.307 e. The summed E-state index contributed by atoms with van der Waals surface area (Å²) in [7, 11) is 4.65. The number of aromatic nitrogens is 2. The molecule has 1 aliphatic rings. The Balaban J connectivity index is 1.75. The molecule has 1 atom stereocenters. The van der Waals surface area contributed by atoms with E-state index in [9.17, 15) is 10.1 Å². The van der Waals surface area contributed by atoms with E-state index in [-0.39, 0.29) is 17.4 Å². The Labute approximate surface area is 220 Å². The van der Waals surface area contributed by atoms with Crippen molar-refractivity contribution in [3.63, 3.8) is 0 Å². The molecule has 1 aromatic heterocycles. The molecule has 4 rings (SSSR count). The molecule has 0 saturated carbocycles. The van der Waals surface area contributed by atoms with Crippen molar-refractivity contribution in [3.8, 4) is 17.2 Å². The zero-order valence-electron chi connectivity index (χ0n) is 22.1. The van der Waals surface area contributed by atoms with Crippen LogP contribution in [0.15, 0.2) is 29.3 Å². The van der Waals surface area contributed by atoms with E-state index in [1.54, 1.807) is 33.2 Å². The predicted molar refractivity (Wildman–Crippen MR) is 146 cm³/mol. The topological polar surface area (TPSA) is 167 Å². The number of nitro groups is 1. The van der Waals surface area contributed by atoms with Crippen molar-refractivity contribution >= 4 is 34.2 Å². The Bertz CT molecular complexity index is 1370. The highest BCUT2D eigenvalue weighted by atomic mass is 16.6. The SMILES string of the molecule is COc1cc(N(CCN2C(C)=NCC2[N+](=O)[O-])Cc2ccc3nc(N)nc(N)c3c2C)cc(OC)c1OC. The fraction of sp³-hybridized carbons (Fsp3) is 0.400. The lowest BCUT2D eigenvalue weighted by Crippen LogP contribution is -2.45. The molecule has 202 valence electrons. The van der Waals surface area contributed by atoms with Crippen LogP contribution in [-0.2, 0) is 6.54 Å². The molecule has 1 unspecified atom stereocenters. The van der Waals surface area contributed by atoms with Crippen LogP contribution in [0.2, 0.25) is 0 Å². The summed E-state index contributed by atoms with van der Waals surface area (Å²) < 4.78 is 16.6. The van der Waals surface area contributed by atoms with Crippen molar-refractivity contribution in [1.82, 2.24) is 14.9 Å². The Hall–Kier alpha value is -4.55. The normalized spacial score (nSPS) is 14.9. The van der Waals surface area contributed by atoms with E-state index in [1.807, 2.05) is 31.2 Å². The van der Waals surface area contributed by atoms with Gasteiger partial charge in [0.15, 0.2) is 11.5 Å². The molecule has 3 aromatic rings. The van der Waals surface area contributed by atoms with E-state index in [0.29, 0.717) is 54.1 Å². The molecule has 1 aliphatic heterocycles. The minimum atomic E-state index is -0.887. The summed E-state index contributed by atoms with van der Waals surface area (Å²) in [6.07, 6.45) is -0.887. The summed E-state index contributed by atoms with van der Waals surface area (Å²) in [4.78, 5) is 27.8. The van der Waals surface area contributed by atoms with Crippen LogP contribution in [0, 0.1) is 17.0 Å². The van der Waals surface area contributed by atoms with Crippen molar-refractivity contribution in [1.29, 1.82) is 0 Å². The number of aliphatic imine (C=N–C) groups is 1. The average Bonchev–Trinajstić information content (AvgIpc) is 3.26. The number of aryl methyl sites for hydroxylation is 1. The molecular formula is C25H32N8O5. The zero-order valence-corrected chi connectivity index (χ0v) is 22.1. The second-order valence-electron chi connectivity index (χ2n) is 8.86. The molecule has 4 N–H and O–H groups in total. The van der Waals surface area contributed by atoms with Gasteiger partial charge in [-0.2, -0.15) is 4.98 Å². The second-order valence-corrected chi connectivity index (χ2v) is 8.86. The third-order valence-corrected chi connectivity index (χ3v) is 6.77. The summed E-state index contributed by atoms with van der Waals surface area (Å²) in [6, 6.07) is 7.54. The van der Waals surface area contributed by atoms with Crippen molar-refractivity contribution in [3.05, 3.63) is 45.5 Å². The molecule has 38 heavy (non-hydrogen) atoms. The van der Waals surface area contributed by atoms with Gasteiger partial charge in [-0.25, -0.2) is 4.98 Å². The van der Waals surface area contributed by atoms with Crippen LogP contribution < -0.4 is 30.6 Å². The number of anilines is 3. The first-order valence-electron chi connectivity index (χ1n) is 12.0. The largest absolute Gasteiger partial charge is 0.493 e. The molecule has 0 fully saturated rings. The van der Waals surface area contributed by atoms with Crippen molar-refractivity contribution in [2.24, 2.45) is 4.99 Å². The summed E-state index contributed by atoms with van der Waals surface area (Å²) in [6.45, 7) is 5.16. The highest BCUT2D eigenvalue weighted by Gasteiger charge is 2.34. The number of benzene rings is 2. The average molecular weight is 525 g/mol. The highest BCUT2D eigenvalue weighted by Crippen LogP contribution is 2.41. The number of nitrogen functional groups attached to an aromatic ring is 2. The first-order valence-corrected chi connectivity index (χ1v) is 12.0. The Kier molecular flexibility index (Phi) is 7.55. The fourth-order valence-corrected chi connectivity index (χ4v) is 4.75. The van der Waals surface area contributed by atoms with Gasteiger partial charge in [-0.15, -0.1) is 0 Å². The Morgan fingerprint density at radius 1 is 1.11 bits per heavy atom. The van der Waals surface area contributed by atoms with Gasteiger partial charge >= 0.3 is 6.17 Å². The van der Waals surface area contributed by atoms with Crippen LogP contribution in [-0.4, -0.2) is 72.8 Å². The summed E-state index contributed by atoms with van der Waals surface area (Å²) in [5.74, 6) is 2.53. The first-order chi connectivity index (χ1) is 18.2. The predicted octanol–water partition coefficient (Wildman–Crippen LogP) is 2.47. The summed E-state index contributed by atoms with van der Waals surface area (Å²) in [5, 5.41) is 12.4. The highest BCUT2D eigenvalue weighted by molar-refractivity contribution is 5.92. The molecule has 0 amide bonds. The van der Waals surface area contributed by atoms with Gasteiger partial charge in [0.05, 0.1) is 26.8 Å². The van der Waals surface area contributed by atoms with Gasteiger partial charge in [0.1, 0.15) is 18.2 Å². The molecule has 13 heteroatoms. The lowest BCUT2D eigenvalue weighted by molar-refractivity contribution is -0.539. The summed E-state index contributed by atoms with van der Waals surface area (Å²) >= 11 is 0. The lowest BCUT2D eigenvalue weighted by Gasteiger charge is -2.30. The first kappa shape index (κ1) is 26.5. The number of amidine groups is 1. The van der Waals surface area contributed by atoms with Gasteiger partial charge in [-0.05, 0) is 31.0 Å². The number of hydrogen-bond donors (Lipinski definition) is 2. The number of ether oxygens (including phenoxy) is 3. The summed E-state index contributed by atoms with van der Waals surface area (Å²) in [5.41, 5.74) is 15.3. The standard InChI is InChI=1S/C25H32N8O5/c1-14-16(6-7-18-22(14)24(26)30-25(27)29-18)13-31(8-9-32-15(2)28-12-21(32)33(34)35)17-10-19(36-3)23(38-5)20(11-17)37-4/h6-7,10-11,21H,8-9,12-13H2,1-5H3,(H4,26,27,29,30). The molecule has 13 nitrogen and oxygen atoms in total. The third-order valence-electron chi connectivity index (χ3n) is 6.77. The number of nitrogens with two attached hydrogens (primary N) is 2. The van der Waals surface area contributed by atoms with E-state index >= 15 is 0 Å². The van der Waals surface area contributed by atoms with Gasteiger partial charge in [0, 0.05) is 47.8 Å². The fourth-order valence-electron chi connectivity index (χ4n) is 4.75. The van der Waals surface area contributed by atoms with Crippen LogP contribution >= 0.6 is 0 Å². The number of nitrogens with zero attached hydrogens (tertiary/aromatic N) is 6. The molecule has 0 aliphatic carbocycles.